The average molecular weight is 430 g/mol. The summed E-state index contributed by atoms with van der Waals surface area (Å²) in [4.78, 5) is 37.5. The summed E-state index contributed by atoms with van der Waals surface area (Å²) in [7, 11) is 1.57. The number of benzene rings is 1. The minimum absolute atomic E-state index is 0.0437. The Hall–Kier alpha value is -3.08. The van der Waals surface area contributed by atoms with E-state index in [-0.39, 0.29) is 11.7 Å². The second-order valence-corrected chi connectivity index (χ2v) is 8.14. The van der Waals surface area contributed by atoms with Crippen molar-refractivity contribution in [1.82, 2.24) is 30.5 Å². The lowest BCUT2D eigenvalue weighted by Gasteiger charge is -2.30. The largest absolute Gasteiger partial charge is 0.495 e. The van der Waals surface area contributed by atoms with Gasteiger partial charge in [0.05, 0.1) is 18.6 Å². The standard InChI is InChI=1S/C19H22N6O4S/c1-29-14-8-4-3-7-13(14)24-12-20-22-18(24)30-11-15(26)23-25-16(27)19(21-17(25)28)9-5-2-6-10-19/h3-4,7-8,12H,2,5-6,9-11H2,1H3,(H,21,28)(H,23,26). The van der Waals surface area contributed by atoms with Crippen LogP contribution in [-0.4, -0.2) is 56.0 Å². The fourth-order valence-corrected chi connectivity index (χ4v) is 4.53. The molecule has 30 heavy (non-hydrogen) atoms. The third-order valence-electron chi connectivity index (χ3n) is 5.30. The van der Waals surface area contributed by atoms with Crippen molar-refractivity contribution in [2.75, 3.05) is 12.9 Å². The third-order valence-corrected chi connectivity index (χ3v) is 6.24. The van der Waals surface area contributed by atoms with Gasteiger partial charge in [-0.1, -0.05) is 43.2 Å². The molecule has 11 heteroatoms. The van der Waals surface area contributed by atoms with Gasteiger partial charge < -0.3 is 10.1 Å². The summed E-state index contributed by atoms with van der Waals surface area (Å²) < 4.78 is 7.07. The van der Waals surface area contributed by atoms with Crippen LogP contribution < -0.4 is 15.5 Å². The molecule has 2 aromatic rings. The zero-order valence-electron chi connectivity index (χ0n) is 16.5. The first-order valence-corrected chi connectivity index (χ1v) is 10.6. The van der Waals surface area contributed by atoms with Gasteiger partial charge in [-0.3, -0.25) is 19.6 Å². The predicted octanol–water partition coefficient (Wildman–Crippen LogP) is 1.65. The Balaban J connectivity index is 1.40. The lowest BCUT2D eigenvalue weighted by atomic mass is 9.82. The fourth-order valence-electron chi connectivity index (χ4n) is 3.82. The second-order valence-electron chi connectivity index (χ2n) is 7.19. The summed E-state index contributed by atoms with van der Waals surface area (Å²) in [5.41, 5.74) is 2.29. The summed E-state index contributed by atoms with van der Waals surface area (Å²) in [6.45, 7) is 0. The topological polar surface area (TPSA) is 118 Å². The number of methoxy groups -OCH3 is 1. The van der Waals surface area contributed by atoms with Crippen molar-refractivity contribution in [2.24, 2.45) is 0 Å². The number of nitrogens with zero attached hydrogens (tertiary/aromatic N) is 4. The lowest BCUT2D eigenvalue weighted by molar-refractivity contribution is -0.139. The Bertz CT molecular complexity index is 971. The highest BCUT2D eigenvalue weighted by molar-refractivity contribution is 7.99. The molecule has 2 fully saturated rings. The molecule has 1 spiro atoms. The lowest BCUT2D eigenvalue weighted by Crippen LogP contribution is -2.51. The van der Waals surface area contributed by atoms with E-state index in [0.29, 0.717) is 23.7 Å². The molecule has 1 aliphatic carbocycles. The van der Waals surface area contributed by atoms with E-state index in [2.05, 4.69) is 20.9 Å². The van der Waals surface area contributed by atoms with Gasteiger partial charge in [0, 0.05) is 0 Å². The molecule has 10 nitrogen and oxygen atoms in total. The fraction of sp³-hybridized carbons (Fsp3) is 0.421. The number of carbonyl (C=O) groups is 3. The molecule has 0 radical (unpaired) electrons. The van der Waals surface area contributed by atoms with E-state index in [4.69, 9.17) is 4.74 Å². The number of nitrogens with one attached hydrogen (secondary N) is 2. The number of rotatable bonds is 6. The first kappa shape index (κ1) is 20.2. The Morgan fingerprint density at radius 2 is 2.03 bits per heavy atom. The third kappa shape index (κ3) is 3.72. The van der Waals surface area contributed by atoms with E-state index >= 15 is 0 Å². The van der Waals surface area contributed by atoms with Gasteiger partial charge in [-0.2, -0.15) is 5.01 Å². The number of urea groups is 1. The van der Waals surface area contributed by atoms with Gasteiger partial charge in [0.15, 0.2) is 5.16 Å². The molecule has 0 bridgehead atoms. The SMILES string of the molecule is COc1ccccc1-n1cnnc1SCC(=O)NN1C(=O)NC2(CCCCC2)C1=O. The molecule has 4 amide bonds. The van der Waals surface area contributed by atoms with E-state index in [0.717, 1.165) is 41.7 Å². The minimum Gasteiger partial charge on any atom is -0.495 e. The number of imide groups is 1. The van der Waals surface area contributed by atoms with Crippen molar-refractivity contribution in [3.63, 3.8) is 0 Å². The van der Waals surface area contributed by atoms with Crippen LogP contribution in [0.1, 0.15) is 32.1 Å². The number of hydrazine groups is 1. The summed E-state index contributed by atoms with van der Waals surface area (Å²) in [5.74, 6) is -0.271. The van der Waals surface area contributed by atoms with Crippen LogP contribution >= 0.6 is 11.8 Å². The van der Waals surface area contributed by atoms with Gasteiger partial charge in [-0.25, -0.2) is 4.79 Å². The molecular formula is C19H22N6O4S. The number of thioether (sulfide) groups is 1. The van der Waals surface area contributed by atoms with E-state index < -0.39 is 17.5 Å². The minimum atomic E-state index is -0.875. The smallest absolute Gasteiger partial charge is 0.344 e. The second kappa shape index (κ2) is 8.34. The zero-order valence-corrected chi connectivity index (χ0v) is 17.3. The van der Waals surface area contributed by atoms with Crippen LogP contribution in [0.3, 0.4) is 0 Å². The first-order valence-electron chi connectivity index (χ1n) is 9.66. The van der Waals surface area contributed by atoms with Crippen LogP contribution in [-0.2, 0) is 9.59 Å². The number of ether oxygens (including phenoxy) is 1. The highest BCUT2D eigenvalue weighted by atomic mass is 32.2. The summed E-state index contributed by atoms with van der Waals surface area (Å²) in [6.07, 6.45) is 5.52. The molecule has 2 aliphatic rings. The van der Waals surface area contributed by atoms with Crippen molar-refractivity contribution in [3.8, 4) is 11.4 Å². The summed E-state index contributed by atoms with van der Waals surface area (Å²) >= 11 is 1.14. The molecule has 158 valence electrons. The summed E-state index contributed by atoms with van der Waals surface area (Å²) in [5, 5.41) is 12.0. The maximum absolute atomic E-state index is 12.8. The maximum Gasteiger partial charge on any atom is 0.344 e. The number of carbonyl (C=O) groups excluding carboxylic acids is 3. The van der Waals surface area contributed by atoms with E-state index in [1.54, 1.807) is 11.7 Å². The van der Waals surface area contributed by atoms with Crippen LogP contribution in [0, 0.1) is 0 Å². The molecule has 1 saturated carbocycles. The van der Waals surface area contributed by atoms with Crippen LogP contribution in [0.4, 0.5) is 4.79 Å². The van der Waals surface area contributed by atoms with Crippen LogP contribution in [0.2, 0.25) is 0 Å². The van der Waals surface area contributed by atoms with Crippen LogP contribution in [0.25, 0.3) is 5.69 Å². The number of hydrogen-bond acceptors (Lipinski definition) is 7. The molecule has 0 unspecified atom stereocenters. The first-order chi connectivity index (χ1) is 14.5. The summed E-state index contributed by atoms with van der Waals surface area (Å²) in [6, 6.07) is 6.79. The number of hydrogen-bond donors (Lipinski definition) is 2. The molecule has 1 aromatic carbocycles. The van der Waals surface area contributed by atoms with Gasteiger partial charge >= 0.3 is 6.03 Å². The molecule has 2 N–H and O–H groups in total. The van der Waals surface area contributed by atoms with Crippen LogP contribution in [0.15, 0.2) is 35.7 Å². The predicted molar refractivity (Wildman–Crippen MR) is 108 cm³/mol. The molecular weight excluding hydrogens is 408 g/mol. The van der Waals surface area contributed by atoms with E-state index in [1.807, 2.05) is 24.3 Å². The average Bonchev–Trinajstić information content (AvgIpc) is 3.31. The van der Waals surface area contributed by atoms with Crippen molar-refractivity contribution >= 4 is 29.6 Å². The Kier molecular flexibility index (Phi) is 5.62. The quantitative estimate of drug-likeness (QED) is 0.528. The van der Waals surface area contributed by atoms with Gasteiger partial charge in [-0.15, -0.1) is 10.2 Å². The van der Waals surface area contributed by atoms with Crippen molar-refractivity contribution < 1.29 is 19.1 Å². The molecule has 1 aliphatic heterocycles. The van der Waals surface area contributed by atoms with Crippen molar-refractivity contribution in [2.45, 2.75) is 42.8 Å². The molecule has 1 aromatic heterocycles. The normalized spacial score (nSPS) is 17.8. The molecule has 1 saturated heterocycles. The van der Waals surface area contributed by atoms with Gasteiger partial charge in [0.1, 0.15) is 17.6 Å². The number of amides is 4. The zero-order chi connectivity index (χ0) is 21.1. The van der Waals surface area contributed by atoms with E-state index in [9.17, 15) is 14.4 Å². The Morgan fingerprint density at radius 1 is 1.27 bits per heavy atom. The van der Waals surface area contributed by atoms with Gasteiger partial charge in [-0.05, 0) is 25.0 Å². The molecule has 4 rings (SSSR count). The highest BCUT2D eigenvalue weighted by Crippen LogP contribution is 2.33. The maximum atomic E-state index is 12.8. The molecule has 2 heterocycles. The molecule has 0 atom stereocenters. The van der Waals surface area contributed by atoms with Crippen molar-refractivity contribution in [1.29, 1.82) is 0 Å². The number of aromatic nitrogens is 3. The van der Waals surface area contributed by atoms with E-state index in [1.165, 1.54) is 6.33 Å². The van der Waals surface area contributed by atoms with Gasteiger partial charge in [0.2, 0.25) is 5.91 Å². The van der Waals surface area contributed by atoms with Gasteiger partial charge in [0.25, 0.3) is 5.91 Å². The highest BCUT2D eigenvalue weighted by Gasteiger charge is 2.52. The van der Waals surface area contributed by atoms with Crippen molar-refractivity contribution in [3.05, 3.63) is 30.6 Å². The monoisotopic (exact) mass is 430 g/mol. The van der Waals surface area contributed by atoms with Crippen LogP contribution in [0.5, 0.6) is 5.75 Å². The Morgan fingerprint density at radius 3 is 2.80 bits per heavy atom. The Labute approximate surface area is 177 Å². The number of para-hydroxylation sites is 2.